The molecule has 1 N–H and O–H groups in total. The number of carbonyl (C=O) groups excluding carboxylic acids is 1. The predicted molar refractivity (Wildman–Crippen MR) is 108 cm³/mol. The number of amides is 1. The first-order valence-electron chi connectivity index (χ1n) is 7.89. The fraction of sp³-hybridized carbons (Fsp3) is 0.316. The Labute approximate surface area is 166 Å². The van der Waals surface area contributed by atoms with Gasteiger partial charge in [0.25, 0.3) is 5.91 Å². The van der Waals surface area contributed by atoms with E-state index >= 15 is 0 Å². The quantitative estimate of drug-likeness (QED) is 0.623. The van der Waals surface area contributed by atoms with Crippen LogP contribution in [-0.4, -0.2) is 34.3 Å². The van der Waals surface area contributed by atoms with Crippen LogP contribution in [0.2, 0.25) is 0 Å². The van der Waals surface area contributed by atoms with Crippen molar-refractivity contribution >= 4 is 28.5 Å². The van der Waals surface area contributed by atoms with E-state index in [9.17, 15) is 4.79 Å². The van der Waals surface area contributed by atoms with Crippen molar-refractivity contribution in [2.75, 3.05) is 28.4 Å². The van der Waals surface area contributed by atoms with E-state index in [-0.39, 0.29) is 11.9 Å². The van der Waals surface area contributed by atoms with Gasteiger partial charge in [0, 0.05) is 15.2 Å². The normalized spacial score (nSPS) is 11.5. The number of benzene rings is 2. The molecule has 6 nitrogen and oxygen atoms in total. The molecule has 7 heteroatoms. The lowest BCUT2D eigenvalue weighted by atomic mass is 10.1. The number of nitrogens with one attached hydrogen (secondary N) is 1. The van der Waals surface area contributed by atoms with Gasteiger partial charge in [0.15, 0.2) is 11.5 Å². The van der Waals surface area contributed by atoms with Crippen LogP contribution in [0.5, 0.6) is 23.0 Å². The molecular formula is C19H22INO5. The van der Waals surface area contributed by atoms with Crippen molar-refractivity contribution in [1.82, 2.24) is 5.32 Å². The molecule has 26 heavy (non-hydrogen) atoms. The third-order valence-electron chi connectivity index (χ3n) is 3.97. The van der Waals surface area contributed by atoms with Crippen LogP contribution >= 0.6 is 22.6 Å². The lowest BCUT2D eigenvalue weighted by molar-refractivity contribution is 0.0938. The Balaban J connectivity index is 2.27. The molecule has 0 heterocycles. The van der Waals surface area contributed by atoms with E-state index < -0.39 is 0 Å². The van der Waals surface area contributed by atoms with Crippen LogP contribution in [-0.2, 0) is 0 Å². The van der Waals surface area contributed by atoms with Crippen LogP contribution in [0.4, 0.5) is 0 Å². The van der Waals surface area contributed by atoms with E-state index in [2.05, 4.69) is 27.9 Å². The zero-order chi connectivity index (χ0) is 19.3. The van der Waals surface area contributed by atoms with Crippen molar-refractivity contribution in [1.29, 1.82) is 0 Å². The highest BCUT2D eigenvalue weighted by atomic mass is 127. The van der Waals surface area contributed by atoms with E-state index in [1.807, 2.05) is 19.1 Å². The minimum Gasteiger partial charge on any atom is -0.497 e. The number of hydrogen-bond acceptors (Lipinski definition) is 5. The number of halogens is 1. The lowest BCUT2D eigenvalue weighted by Crippen LogP contribution is -2.27. The van der Waals surface area contributed by atoms with Crippen LogP contribution in [0, 0.1) is 3.57 Å². The average molecular weight is 471 g/mol. The van der Waals surface area contributed by atoms with Crippen molar-refractivity contribution in [2.24, 2.45) is 0 Å². The average Bonchev–Trinajstić information content (AvgIpc) is 2.66. The molecule has 0 aliphatic rings. The van der Waals surface area contributed by atoms with Crippen molar-refractivity contribution in [3.8, 4) is 23.0 Å². The largest absolute Gasteiger partial charge is 0.497 e. The third-order valence-corrected chi connectivity index (χ3v) is 4.87. The van der Waals surface area contributed by atoms with Gasteiger partial charge in [0.1, 0.15) is 11.5 Å². The van der Waals surface area contributed by atoms with E-state index in [4.69, 9.17) is 18.9 Å². The lowest BCUT2D eigenvalue weighted by Gasteiger charge is -2.19. The fourth-order valence-electron chi connectivity index (χ4n) is 2.56. The summed E-state index contributed by atoms with van der Waals surface area (Å²) >= 11 is 2.10. The first-order chi connectivity index (χ1) is 12.4. The predicted octanol–water partition coefficient (Wildman–Crippen LogP) is 3.82. The Bertz CT molecular complexity index is 794. The molecule has 0 saturated carbocycles. The van der Waals surface area contributed by atoms with Crippen molar-refractivity contribution in [3.63, 3.8) is 0 Å². The van der Waals surface area contributed by atoms with Gasteiger partial charge in [-0.05, 0) is 53.8 Å². The Morgan fingerprint density at radius 1 is 0.923 bits per heavy atom. The Morgan fingerprint density at radius 3 is 2.12 bits per heavy atom. The zero-order valence-electron chi connectivity index (χ0n) is 15.4. The van der Waals surface area contributed by atoms with Crippen LogP contribution < -0.4 is 24.3 Å². The molecule has 0 bridgehead atoms. The summed E-state index contributed by atoms with van der Waals surface area (Å²) in [5.74, 6) is 2.23. The van der Waals surface area contributed by atoms with Gasteiger partial charge in [-0.1, -0.05) is 0 Å². The summed E-state index contributed by atoms with van der Waals surface area (Å²) in [6, 6.07) is 8.69. The molecule has 2 aromatic rings. The van der Waals surface area contributed by atoms with E-state index in [1.54, 1.807) is 39.5 Å². The van der Waals surface area contributed by atoms with Crippen molar-refractivity contribution in [2.45, 2.75) is 13.0 Å². The van der Waals surface area contributed by atoms with Gasteiger partial charge in [-0.2, -0.15) is 0 Å². The first-order valence-corrected chi connectivity index (χ1v) is 8.97. The number of hydrogen-bond donors (Lipinski definition) is 1. The van der Waals surface area contributed by atoms with Crippen LogP contribution in [0.3, 0.4) is 0 Å². The highest BCUT2D eigenvalue weighted by molar-refractivity contribution is 14.1. The second-order valence-corrected chi connectivity index (χ2v) is 6.65. The van der Waals surface area contributed by atoms with Crippen LogP contribution in [0.15, 0.2) is 30.3 Å². The van der Waals surface area contributed by atoms with Gasteiger partial charge < -0.3 is 24.3 Å². The highest BCUT2D eigenvalue weighted by Gasteiger charge is 2.19. The molecule has 0 spiro atoms. The minimum atomic E-state index is -0.257. The van der Waals surface area contributed by atoms with Gasteiger partial charge in [-0.25, -0.2) is 0 Å². The van der Waals surface area contributed by atoms with Crippen LogP contribution in [0.1, 0.15) is 28.9 Å². The summed E-state index contributed by atoms with van der Waals surface area (Å²) in [6.07, 6.45) is 0. The summed E-state index contributed by atoms with van der Waals surface area (Å²) < 4.78 is 22.0. The molecule has 140 valence electrons. The molecule has 0 aliphatic heterocycles. The Morgan fingerprint density at radius 2 is 1.54 bits per heavy atom. The third kappa shape index (κ3) is 4.32. The molecule has 0 fully saturated rings. The van der Waals surface area contributed by atoms with Gasteiger partial charge >= 0.3 is 0 Å². The summed E-state index contributed by atoms with van der Waals surface area (Å²) in [6.45, 7) is 1.90. The highest BCUT2D eigenvalue weighted by Crippen LogP contribution is 2.33. The molecule has 2 rings (SSSR count). The minimum absolute atomic E-state index is 0.208. The number of rotatable bonds is 7. The fourth-order valence-corrected chi connectivity index (χ4v) is 3.24. The monoisotopic (exact) mass is 471 g/mol. The van der Waals surface area contributed by atoms with Crippen molar-refractivity contribution < 1.29 is 23.7 Å². The molecule has 1 unspecified atom stereocenters. The smallest absolute Gasteiger partial charge is 0.252 e. The molecule has 2 aromatic carbocycles. The Kier molecular flexibility index (Phi) is 6.96. The first kappa shape index (κ1) is 20.2. The van der Waals surface area contributed by atoms with Gasteiger partial charge in [0.2, 0.25) is 0 Å². The SMILES string of the molecule is COc1ccc(C(C)NC(=O)c2cc(OC)c(OC)cc2I)c(OC)c1. The second-order valence-electron chi connectivity index (χ2n) is 5.49. The molecule has 0 aliphatic carbocycles. The van der Waals surface area contributed by atoms with E-state index in [0.29, 0.717) is 28.6 Å². The summed E-state index contributed by atoms with van der Waals surface area (Å²) in [7, 11) is 6.28. The Hall–Kier alpha value is -2.16. The van der Waals surface area contributed by atoms with Gasteiger partial charge in [0.05, 0.1) is 40.0 Å². The van der Waals surface area contributed by atoms with Gasteiger partial charge in [-0.15, -0.1) is 0 Å². The number of carbonyl (C=O) groups is 1. The molecular weight excluding hydrogens is 449 g/mol. The summed E-state index contributed by atoms with van der Waals surface area (Å²) in [4.78, 5) is 12.8. The maximum atomic E-state index is 12.8. The maximum absolute atomic E-state index is 12.8. The van der Waals surface area contributed by atoms with Crippen LogP contribution in [0.25, 0.3) is 0 Å². The van der Waals surface area contributed by atoms with Crippen molar-refractivity contribution in [3.05, 3.63) is 45.0 Å². The number of methoxy groups -OCH3 is 4. The van der Waals surface area contributed by atoms with Gasteiger partial charge in [-0.3, -0.25) is 4.79 Å². The molecule has 1 amide bonds. The standard InChI is InChI=1S/C19H22INO5/c1-11(13-7-6-12(23-2)8-16(13)24-3)21-19(22)14-9-17(25-4)18(26-5)10-15(14)20/h6-11H,1-5H3,(H,21,22). The van der Waals surface area contributed by atoms with E-state index in [0.717, 1.165) is 9.13 Å². The maximum Gasteiger partial charge on any atom is 0.252 e. The molecule has 0 saturated heterocycles. The summed E-state index contributed by atoms with van der Waals surface area (Å²) in [5, 5.41) is 2.99. The topological polar surface area (TPSA) is 66.0 Å². The van der Waals surface area contributed by atoms with E-state index in [1.165, 1.54) is 7.11 Å². The second kappa shape index (κ2) is 8.98. The number of ether oxygens (including phenoxy) is 4. The molecule has 1 atom stereocenters. The molecule has 0 radical (unpaired) electrons. The zero-order valence-corrected chi connectivity index (χ0v) is 17.5. The summed E-state index contributed by atoms with van der Waals surface area (Å²) in [5.41, 5.74) is 1.37. The molecule has 0 aromatic heterocycles.